The van der Waals surface area contributed by atoms with Gasteiger partial charge < -0.3 is 4.74 Å². The minimum Gasteiger partial charge on any atom is -0.493 e. The number of thiazole rings is 1. The van der Waals surface area contributed by atoms with Crippen molar-refractivity contribution in [2.75, 3.05) is 6.61 Å². The topological polar surface area (TPSA) is 22.1 Å². The second-order valence-electron chi connectivity index (χ2n) is 4.43. The molecule has 0 aliphatic carbocycles. The Kier molecular flexibility index (Phi) is 5.40. The first kappa shape index (κ1) is 14.1. The molecule has 3 heteroatoms. The van der Waals surface area contributed by atoms with Crippen LogP contribution in [0, 0.1) is 6.92 Å². The Morgan fingerprint density at radius 2 is 2.11 bits per heavy atom. The second kappa shape index (κ2) is 7.29. The predicted octanol–water partition coefficient (Wildman–Crippen LogP) is 4.76. The fourth-order valence-corrected chi connectivity index (χ4v) is 2.85. The molecule has 2 rings (SSSR count). The molecule has 0 fully saturated rings. The van der Waals surface area contributed by atoms with Crippen molar-refractivity contribution in [3.63, 3.8) is 0 Å². The first-order valence-electron chi connectivity index (χ1n) is 6.80. The molecule has 19 heavy (non-hydrogen) atoms. The molecular formula is C16H20NOS. The molecule has 1 heterocycles. The van der Waals surface area contributed by atoms with Crippen LogP contribution in [0.15, 0.2) is 29.8 Å². The van der Waals surface area contributed by atoms with Gasteiger partial charge in [0.15, 0.2) is 0 Å². The highest BCUT2D eigenvalue weighted by molar-refractivity contribution is 7.13. The Hall–Kier alpha value is -1.35. The Morgan fingerprint density at radius 1 is 1.26 bits per heavy atom. The lowest BCUT2D eigenvalue weighted by atomic mass is 10.1. The molecule has 2 nitrogen and oxygen atoms in total. The van der Waals surface area contributed by atoms with Crippen molar-refractivity contribution in [1.29, 1.82) is 0 Å². The lowest BCUT2D eigenvalue weighted by Gasteiger charge is -2.11. The van der Waals surface area contributed by atoms with Crippen molar-refractivity contribution < 1.29 is 4.74 Å². The first-order chi connectivity index (χ1) is 9.36. The van der Waals surface area contributed by atoms with E-state index in [0.717, 1.165) is 30.0 Å². The molecule has 0 unspecified atom stereocenters. The molecule has 0 amide bonds. The van der Waals surface area contributed by atoms with Gasteiger partial charge in [0.25, 0.3) is 0 Å². The van der Waals surface area contributed by atoms with E-state index in [1.807, 2.05) is 23.7 Å². The molecule has 1 aromatic heterocycles. The van der Waals surface area contributed by atoms with Crippen LogP contribution in [0.5, 0.6) is 5.75 Å². The number of ether oxygens (including phenoxy) is 1. The molecule has 1 radical (unpaired) electrons. The summed E-state index contributed by atoms with van der Waals surface area (Å²) in [5, 5.41) is 0. The molecule has 0 spiro atoms. The van der Waals surface area contributed by atoms with E-state index in [0.29, 0.717) is 6.42 Å². The zero-order valence-electron chi connectivity index (χ0n) is 11.4. The summed E-state index contributed by atoms with van der Waals surface area (Å²) in [6.07, 6.45) is 4.25. The molecule has 0 atom stereocenters. The third-order valence-electron chi connectivity index (χ3n) is 3.02. The zero-order valence-corrected chi connectivity index (χ0v) is 12.2. The van der Waals surface area contributed by atoms with Crippen LogP contribution >= 0.6 is 11.3 Å². The van der Waals surface area contributed by atoms with E-state index in [4.69, 9.17) is 4.74 Å². The number of hydrogen-bond acceptors (Lipinski definition) is 3. The Labute approximate surface area is 119 Å². The van der Waals surface area contributed by atoms with Gasteiger partial charge in [0.2, 0.25) is 0 Å². The highest BCUT2D eigenvalue weighted by Gasteiger charge is 2.11. The van der Waals surface area contributed by atoms with E-state index in [1.54, 1.807) is 11.3 Å². The Morgan fingerprint density at radius 3 is 2.89 bits per heavy atom. The van der Waals surface area contributed by atoms with Crippen molar-refractivity contribution in [2.24, 2.45) is 0 Å². The fraction of sp³-hybridized carbons (Fsp3) is 0.375. The SMILES string of the molecule is [CH2]Cc1ncsc1-c1ccccc1OCCCCC. The van der Waals surface area contributed by atoms with Crippen molar-refractivity contribution >= 4 is 11.3 Å². The maximum Gasteiger partial charge on any atom is 0.127 e. The minimum atomic E-state index is 0.711. The molecule has 0 bridgehead atoms. The summed E-state index contributed by atoms with van der Waals surface area (Å²) >= 11 is 1.65. The van der Waals surface area contributed by atoms with Crippen LogP contribution in [0.1, 0.15) is 31.9 Å². The van der Waals surface area contributed by atoms with Gasteiger partial charge in [-0.1, -0.05) is 31.9 Å². The zero-order chi connectivity index (χ0) is 13.5. The lowest BCUT2D eigenvalue weighted by Crippen LogP contribution is -1.98. The molecule has 0 aliphatic heterocycles. The van der Waals surface area contributed by atoms with E-state index < -0.39 is 0 Å². The van der Waals surface area contributed by atoms with E-state index in [9.17, 15) is 0 Å². The van der Waals surface area contributed by atoms with Gasteiger partial charge in [-0.25, -0.2) is 4.98 Å². The van der Waals surface area contributed by atoms with Gasteiger partial charge in [-0.15, -0.1) is 11.3 Å². The predicted molar refractivity (Wildman–Crippen MR) is 81.6 cm³/mol. The highest BCUT2D eigenvalue weighted by Crippen LogP contribution is 2.35. The summed E-state index contributed by atoms with van der Waals surface area (Å²) in [5.41, 5.74) is 4.07. The monoisotopic (exact) mass is 274 g/mol. The van der Waals surface area contributed by atoms with Gasteiger partial charge in [-0.3, -0.25) is 0 Å². The summed E-state index contributed by atoms with van der Waals surface area (Å²) in [6.45, 7) is 6.92. The quantitative estimate of drug-likeness (QED) is 0.679. The third kappa shape index (κ3) is 3.57. The van der Waals surface area contributed by atoms with Crippen molar-refractivity contribution in [3.8, 4) is 16.2 Å². The van der Waals surface area contributed by atoms with Crippen LogP contribution in [0.25, 0.3) is 10.4 Å². The van der Waals surface area contributed by atoms with Crippen molar-refractivity contribution in [2.45, 2.75) is 32.6 Å². The molecule has 1 aromatic carbocycles. The second-order valence-corrected chi connectivity index (χ2v) is 5.28. The van der Waals surface area contributed by atoms with Crippen molar-refractivity contribution in [3.05, 3.63) is 42.4 Å². The number of hydrogen-bond donors (Lipinski definition) is 0. The number of aromatic nitrogens is 1. The van der Waals surface area contributed by atoms with Gasteiger partial charge >= 0.3 is 0 Å². The van der Waals surface area contributed by atoms with Crippen LogP contribution in [0.3, 0.4) is 0 Å². The third-order valence-corrected chi connectivity index (χ3v) is 3.92. The number of nitrogens with zero attached hydrogens (tertiary/aromatic N) is 1. The summed E-state index contributed by atoms with van der Waals surface area (Å²) in [6, 6.07) is 8.19. The van der Waals surface area contributed by atoms with E-state index in [2.05, 4.69) is 24.9 Å². The van der Waals surface area contributed by atoms with Crippen LogP contribution in [0.2, 0.25) is 0 Å². The molecule has 101 valence electrons. The molecule has 0 aliphatic rings. The molecule has 0 saturated heterocycles. The van der Waals surface area contributed by atoms with E-state index in [1.165, 1.54) is 17.7 Å². The fourth-order valence-electron chi connectivity index (χ4n) is 1.98. The van der Waals surface area contributed by atoms with E-state index in [-0.39, 0.29) is 0 Å². The average Bonchev–Trinajstić information content (AvgIpc) is 2.92. The number of rotatable bonds is 7. The Balaban J connectivity index is 2.16. The van der Waals surface area contributed by atoms with Gasteiger partial charge in [0.1, 0.15) is 5.75 Å². The summed E-state index contributed by atoms with van der Waals surface area (Å²) in [5.74, 6) is 0.956. The first-order valence-corrected chi connectivity index (χ1v) is 7.68. The summed E-state index contributed by atoms with van der Waals surface area (Å²) < 4.78 is 5.92. The van der Waals surface area contributed by atoms with Gasteiger partial charge in [0, 0.05) is 5.56 Å². The smallest absolute Gasteiger partial charge is 0.127 e. The summed E-state index contributed by atoms with van der Waals surface area (Å²) in [4.78, 5) is 5.54. The number of unbranched alkanes of at least 4 members (excludes halogenated alkanes) is 2. The summed E-state index contributed by atoms with van der Waals surface area (Å²) in [7, 11) is 0. The lowest BCUT2D eigenvalue weighted by molar-refractivity contribution is 0.307. The van der Waals surface area contributed by atoms with Gasteiger partial charge in [-0.05, 0) is 31.9 Å². The van der Waals surface area contributed by atoms with Gasteiger partial charge in [-0.2, -0.15) is 0 Å². The largest absolute Gasteiger partial charge is 0.493 e. The highest BCUT2D eigenvalue weighted by atomic mass is 32.1. The number of benzene rings is 1. The maximum atomic E-state index is 5.92. The van der Waals surface area contributed by atoms with Crippen molar-refractivity contribution in [1.82, 2.24) is 4.98 Å². The van der Waals surface area contributed by atoms with E-state index >= 15 is 0 Å². The molecular weight excluding hydrogens is 254 g/mol. The van der Waals surface area contributed by atoms with Gasteiger partial charge in [0.05, 0.1) is 22.7 Å². The van der Waals surface area contributed by atoms with Crippen LogP contribution in [-0.4, -0.2) is 11.6 Å². The van der Waals surface area contributed by atoms with Crippen LogP contribution in [0.4, 0.5) is 0 Å². The number of para-hydroxylation sites is 1. The molecule has 0 N–H and O–H groups in total. The molecule has 0 saturated carbocycles. The standard InChI is InChI=1S/C16H20NOS/c1-3-5-8-11-18-15-10-7-6-9-13(15)16-14(4-2)17-12-19-16/h6-7,9-10,12H,2-5,8,11H2,1H3. The maximum absolute atomic E-state index is 5.92. The van der Waals surface area contributed by atoms with Crippen LogP contribution in [-0.2, 0) is 6.42 Å². The normalized spacial score (nSPS) is 10.6. The molecule has 2 aromatic rings. The Bertz CT molecular complexity index is 507. The minimum absolute atomic E-state index is 0.711. The average molecular weight is 274 g/mol. The van der Waals surface area contributed by atoms with Crippen LogP contribution < -0.4 is 4.74 Å².